The molecule has 20 heavy (non-hydrogen) atoms. The quantitative estimate of drug-likeness (QED) is 0.416. The topological polar surface area (TPSA) is 140 Å². The monoisotopic (exact) mass is 304 g/mol. The van der Waals surface area contributed by atoms with Crippen LogP contribution in [0.4, 0.5) is 0 Å². The van der Waals surface area contributed by atoms with Crippen LogP contribution in [0.1, 0.15) is 26.2 Å². The zero-order valence-corrected chi connectivity index (χ0v) is 11.3. The average molecular weight is 304 g/mol. The minimum absolute atomic E-state index is 0.100. The Labute approximate surface area is 114 Å². The Morgan fingerprint density at radius 1 is 1.45 bits per heavy atom. The molecule has 0 aromatic rings. The molecule has 0 amide bonds. The number of ketones is 2. The van der Waals surface area contributed by atoms with E-state index in [2.05, 4.69) is 15.0 Å². The molecule has 1 fully saturated rings. The van der Waals surface area contributed by atoms with Crippen LogP contribution < -0.4 is 0 Å². The van der Waals surface area contributed by atoms with Gasteiger partial charge in [0.2, 0.25) is 11.9 Å². The van der Waals surface area contributed by atoms with Gasteiger partial charge in [0, 0.05) is 19.3 Å². The highest BCUT2D eigenvalue weighted by molar-refractivity contribution is 7.87. The Bertz CT molecular complexity index is 603. The molecule has 1 heterocycles. The molecule has 0 spiro atoms. The lowest BCUT2D eigenvalue weighted by molar-refractivity contribution is -0.157. The molecule has 0 saturated heterocycles. The molecule has 110 valence electrons. The van der Waals surface area contributed by atoms with Crippen LogP contribution >= 0.6 is 0 Å². The third kappa shape index (κ3) is 3.07. The van der Waals surface area contributed by atoms with Crippen LogP contribution in [0.3, 0.4) is 0 Å². The van der Waals surface area contributed by atoms with Crippen molar-refractivity contribution in [3.8, 4) is 0 Å². The van der Waals surface area contributed by atoms with Gasteiger partial charge in [-0.2, -0.15) is 18.6 Å². The van der Waals surface area contributed by atoms with E-state index in [9.17, 15) is 22.8 Å². The number of hydrogen-bond donors (Lipinski definition) is 1. The maximum atomic E-state index is 11.6. The molecule has 2 rings (SSSR count). The van der Waals surface area contributed by atoms with E-state index in [0.29, 0.717) is 0 Å². The molecule has 0 radical (unpaired) electrons. The smallest absolute Gasteiger partial charge is 0.307 e. The van der Waals surface area contributed by atoms with Gasteiger partial charge < -0.3 is 4.74 Å². The van der Waals surface area contributed by atoms with Gasteiger partial charge in [0.15, 0.2) is 16.7 Å². The summed E-state index contributed by atoms with van der Waals surface area (Å²) in [6.45, 7) is 1.69. The second-order valence-electron chi connectivity index (χ2n) is 4.86. The number of carbonyl (C=O) groups is 3. The second kappa shape index (κ2) is 4.70. The van der Waals surface area contributed by atoms with Crippen molar-refractivity contribution < 1.29 is 32.1 Å². The molecule has 1 aliphatic carbocycles. The molecule has 0 bridgehead atoms. The summed E-state index contributed by atoms with van der Waals surface area (Å²) in [5.41, 5.74) is -0.611. The Hall–Kier alpha value is -1.68. The van der Waals surface area contributed by atoms with E-state index in [1.807, 2.05) is 0 Å². The van der Waals surface area contributed by atoms with Crippen LogP contribution in [-0.2, 0) is 29.2 Å². The molecule has 2 aliphatic rings. The number of hydrogen-bond acceptors (Lipinski definition) is 8. The lowest BCUT2D eigenvalue weighted by Gasteiger charge is -2.10. The summed E-state index contributed by atoms with van der Waals surface area (Å²) in [5, 5.41) is 5.52. The predicted octanol–water partition coefficient (Wildman–Crippen LogP) is -0.341. The minimum atomic E-state index is -4.67. The number of carbonyl (C=O) groups excluding carboxylic acids is 3. The van der Waals surface area contributed by atoms with E-state index < -0.39 is 51.1 Å². The molecular weight excluding hydrogens is 292 g/mol. The number of rotatable bonds is 5. The lowest BCUT2D eigenvalue weighted by Crippen LogP contribution is -2.34. The van der Waals surface area contributed by atoms with Gasteiger partial charge in [-0.05, 0) is 6.92 Å². The summed E-state index contributed by atoms with van der Waals surface area (Å²) in [4.78, 5) is 34.6. The molecule has 10 heteroatoms. The fourth-order valence-electron chi connectivity index (χ4n) is 1.81. The fraction of sp³-hybridized carbons (Fsp3) is 0.700. The van der Waals surface area contributed by atoms with Crippen molar-refractivity contribution >= 4 is 27.7 Å². The Morgan fingerprint density at radius 2 is 2.05 bits per heavy atom. The fourth-order valence-corrected chi connectivity index (χ4v) is 2.60. The van der Waals surface area contributed by atoms with Gasteiger partial charge in [0.25, 0.3) is 10.1 Å². The first-order valence-electron chi connectivity index (χ1n) is 5.79. The number of ether oxygens (including phenoxy) is 1. The van der Waals surface area contributed by atoms with Crippen molar-refractivity contribution in [2.45, 2.75) is 43.2 Å². The van der Waals surface area contributed by atoms with E-state index in [1.165, 1.54) is 0 Å². The number of nitrogens with zero attached hydrogens (tertiary/aromatic N) is 2. The first-order valence-corrected chi connectivity index (χ1v) is 7.29. The molecule has 2 atom stereocenters. The molecule has 2 unspecified atom stereocenters. The van der Waals surface area contributed by atoms with Crippen molar-refractivity contribution in [3.63, 3.8) is 0 Å². The molecule has 1 N–H and O–H groups in total. The van der Waals surface area contributed by atoms with Crippen LogP contribution in [-0.4, -0.2) is 47.5 Å². The molecular formula is C10H12N2O7S. The normalized spacial score (nSPS) is 27.7. The zero-order valence-electron chi connectivity index (χ0n) is 10.5. The van der Waals surface area contributed by atoms with E-state index >= 15 is 0 Å². The van der Waals surface area contributed by atoms with Crippen LogP contribution in [0.15, 0.2) is 10.2 Å². The highest BCUT2D eigenvalue weighted by Crippen LogP contribution is 2.32. The first-order chi connectivity index (χ1) is 9.12. The van der Waals surface area contributed by atoms with Crippen molar-refractivity contribution in [1.29, 1.82) is 0 Å². The van der Waals surface area contributed by atoms with Crippen LogP contribution in [0.5, 0.6) is 0 Å². The van der Waals surface area contributed by atoms with E-state index in [0.717, 1.165) is 0 Å². The number of esters is 1. The number of Topliss-reactive ketones (excluding diaryl/α,β-unsaturated/α-hetero) is 2. The van der Waals surface area contributed by atoms with Crippen LogP contribution in [0.25, 0.3) is 0 Å². The first kappa shape index (κ1) is 14.7. The summed E-state index contributed by atoms with van der Waals surface area (Å²) in [5.74, 6) is -2.76. The molecule has 1 saturated carbocycles. The van der Waals surface area contributed by atoms with Gasteiger partial charge >= 0.3 is 5.97 Å². The summed E-state index contributed by atoms with van der Waals surface area (Å²) in [6, 6.07) is 0. The van der Waals surface area contributed by atoms with Crippen LogP contribution in [0.2, 0.25) is 0 Å². The SMILES string of the molecule is CC1(CCC(=O)OC2C(=O)CC(S(=O)(=O)O)C2=O)N=N1. The summed E-state index contributed by atoms with van der Waals surface area (Å²) in [7, 11) is -4.67. The lowest BCUT2D eigenvalue weighted by atomic mass is 10.1. The van der Waals surface area contributed by atoms with Gasteiger partial charge in [-0.15, -0.1) is 0 Å². The third-order valence-corrected chi connectivity index (χ3v) is 4.23. The second-order valence-corrected chi connectivity index (χ2v) is 6.46. The van der Waals surface area contributed by atoms with Gasteiger partial charge in [-0.25, -0.2) is 0 Å². The highest BCUT2D eigenvalue weighted by Gasteiger charge is 2.49. The van der Waals surface area contributed by atoms with E-state index in [1.54, 1.807) is 6.92 Å². The Kier molecular flexibility index (Phi) is 3.46. The molecule has 0 aromatic carbocycles. The summed E-state index contributed by atoms with van der Waals surface area (Å²) >= 11 is 0. The van der Waals surface area contributed by atoms with E-state index in [4.69, 9.17) is 4.55 Å². The summed E-state index contributed by atoms with van der Waals surface area (Å²) in [6.07, 6.45) is -2.26. The highest BCUT2D eigenvalue weighted by atomic mass is 32.2. The van der Waals surface area contributed by atoms with Crippen molar-refractivity contribution in [1.82, 2.24) is 0 Å². The molecule has 9 nitrogen and oxygen atoms in total. The van der Waals surface area contributed by atoms with Crippen molar-refractivity contribution in [2.75, 3.05) is 0 Å². The molecule has 1 aliphatic heterocycles. The van der Waals surface area contributed by atoms with Crippen molar-refractivity contribution in [2.24, 2.45) is 10.2 Å². The van der Waals surface area contributed by atoms with Crippen LogP contribution in [0, 0.1) is 0 Å². The zero-order chi connectivity index (χ0) is 15.1. The minimum Gasteiger partial charge on any atom is -0.446 e. The Morgan fingerprint density at radius 3 is 2.50 bits per heavy atom. The third-order valence-electron chi connectivity index (χ3n) is 3.11. The van der Waals surface area contributed by atoms with Gasteiger partial charge in [0.1, 0.15) is 0 Å². The average Bonchev–Trinajstić information content (AvgIpc) is 2.99. The van der Waals surface area contributed by atoms with Gasteiger partial charge in [0.05, 0.1) is 0 Å². The van der Waals surface area contributed by atoms with Crippen molar-refractivity contribution in [3.05, 3.63) is 0 Å². The van der Waals surface area contributed by atoms with Gasteiger partial charge in [-0.3, -0.25) is 18.9 Å². The standard InChI is InChI=1S/C10H12N2O7S/c1-10(11-12-10)3-2-7(14)19-9-5(13)4-6(8(9)15)20(16,17)18/h6,9H,2-4H2,1H3,(H,16,17,18). The van der Waals surface area contributed by atoms with Gasteiger partial charge in [-0.1, -0.05) is 0 Å². The summed E-state index contributed by atoms with van der Waals surface area (Å²) < 4.78 is 35.3. The molecule has 0 aromatic heterocycles. The van der Waals surface area contributed by atoms with E-state index in [-0.39, 0.29) is 12.8 Å². The largest absolute Gasteiger partial charge is 0.446 e. The maximum absolute atomic E-state index is 11.6. The Balaban J connectivity index is 1.93. The predicted molar refractivity (Wildman–Crippen MR) is 62.3 cm³/mol. The maximum Gasteiger partial charge on any atom is 0.307 e.